The zero-order valence-corrected chi connectivity index (χ0v) is 18.2. The maximum Gasteiger partial charge on any atom is 0.262 e. The number of nitriles is 1. The highest BCUT2D eigenvalue weighted by Crippen LogP contribution is 2.18. The number of carbonyl (C=O) groups excluding carboxylic acids is 2. The summed E-state index contributed by atoms with van der Waals surface area (Å²) >= 11 is 1.15. The van der Waals surface area contributed by atoms with Gasteiger partial charge in [-0.1, -0.05) is 23.5 Å². The summed E-state index contributed by atoms with van der Waals surface area (Å²) < 4.78 is 3.72. The summed E-state index contributed by atoms with van der Waals surface area (Å²) in [5, 5.41) is 20.6. The Bertz CT molecular complexity index is 901. The average Bonchev–Trinajstić information content (AvgIpc) is 3.26. The maximum absolute atomic E-state index is 12.5. The average molecular weight is 427 g/mol. The zero-order chi connectivity index (χ0) is 21.9. The summed E-state index contributed by atoms with van der Waals surface area (Å²) in [5.41, 5.74) is 1.87. The highest BCUT2D eigenvalue weighted by atomic mass is 32.1. The SMILES string of the molecule is CCC(NC(=O)/C(C#N)=C/c1csnn1)c1ccc(C(=O)NCCCN(C)C)cc1. The standard InChI is InChI=1S/C21H26N6O2S/c1-4-19(24-21(29)17(13-22)12-18-14-30-26-25-18)15-6-8-16(9-7-15)20(28)23-10-5-11-27(2)3/h6-9,12,14,19H,4-5,10-11H2,1-3H3,(H,23,28)(H,24,29)/b17-12+. The van der Waals surface area contributed by atoms with E-state index < -0.39 is 5.91 Å². The van der Waals surface area contributed by atoms with Crippen molar-refractivity contribution in [2.45, 2.75) is 25.8 Å². The number of hydrogen-bond donors (Lipinski definition) is 2. The largest absolute Gasteiger partial charge is 0.352 e. The summed E-state index contributed by atoms with van der Waals surface area (Å²) in [5.74, 6) is -0.593. The van der Waals surface area contributed by atoms with Gasteiger partial charge in [-0.3, -0.25) is 9.59 Å². The van der Waals surface area contributed by atoms with Crippen LogP contribution in [-0.4, -0.2) is 53.5 Å². The summed E-state index contributed by atoms with van der Waals surface area (Å²) in [4.78, 5) is 26.8. The van der Waals surface area contributed by atoms with Crippen molar-refractivity contribution >= 4 is 29.4 Å². The number of aromatic nitrogens is 2. The molecule has 2 aromatic rings. The van der Waals surface area contributed by atoms with Gasteiger partial charge in [-0.05, 0) is 68.8 Å². The highest BCUT2D eigenvalue weighted by Gasteiger charge is 2.17. The Morgan fingerprint density at radius 3 is 2.60 bits per heavy atom. The quantitative estimate of drug-likeness (QED) is 0.343. The van der Waals surface area contributed by atoms with Crippen molar-refractivity contribution in [2.24, 2.45) is 0 Å². The minimum absolute atomic E-state index is 0.0325. The molecule has 9 heteroatoms. The normalized spacial score (nSPS) is 12.3. The molecule has 1 aromatic carbocycles. The van der Waals surface area contributed by atoms with Crippen LogP contribution in [0.25, 0.3) is 6.08 Å². The topological polar surface area (TPSA) is 111 Å². The van der Waals surface area contributed by atoms with E-state index in [4.69, 9.17) is 0 Å². The van der Waals surface area contributed by atoms with Gasteiger partial charge in [0.25, 0.3) is 11.8 Å². The molecule has 0 aliphatic rings. The fourth-order valence-corrected chi connectivity index (χ4v) is 3.17. The van der Waals surface area contributed by atoms with Crippen LogP contribution >= 0.6 is 11.5 Å². The smallest absolute Gasteiger partial charge is 0.262 e. The van der Waals surface area contributed by atoms with Crippen LogP contribution in [0.3, 0.4) is 0 Å². The molecule has 0 bridgehead atoms. The number of rotatable bonds is 10. The fourth-order valence-electron chi connectivity index (χ4n) is 2.75. The van der Waals surface area contributed by atoms with E-state index in [1.165, 1.54) is 6.08 Å². The van der Waals surface area contributed by atoms with Gasteiger partial charge < -0.3 is 15.5 Å². The summed E-state index contributed by atoms with van der Waals surface area (Å²) in [6.45, 7) is 3.47. The Morgan fingerprint density at radius 1 is 1.30 bits per heavy atom. The first kappa shape index (κ1) is 23.2. The van der Waals surface area contributed by atoms with Crippen LogP contribution in [0.15, 0.2) is 35.2 Å². The molecule has 0 saturated carbocycles. The van der Waals surface area contributed by atoms with Crippen molar-refractivity contribution in [3.05, 3.63) is 52.0 Å². The number of hydrogen-bond acceptors (Lipinski definition) is 7. The number of amides is 2. The molecule has 1 atom stereocenters. The van der Waals surface area contributed by atoms with E-state index in [9.17, 15) is 14.9 Å². The minimum Gasteiger partial charge on any atom is -0.352 e. The summed E-state index contributed by atoms with van der Waals surface area (Å²) in [6.07, 6.45) is 2.93. The van der Waals surface area contributed by atoms with Gasteiger partial charge in [0.1, 0.15) is 11.6 Å². The van der Waals surface area contributed by atoms with Crippen molar-refractivity contribution in [1.82, 2.24) is 25.1 Å². The van der Waals surface area contributed by atoms with Gasteiger partial charge in [0.2, 0.25) is 0 Å². The Hall–Kier alpha value is -3.09. The molecule has 1 aromatic heterocycles. The molecule has 1 unspecified atom stereocenters. The molecule has 0 aliphatic heterocycles. The lowest BCUT2D eigenvalue weighted by atomic mass is 10.0. The Kier molecular flexibility index (Phi) is 9.12. The van der Waals surface area contributed by atoms with Crippen molar-refractivity contribution < 1.29 is 9.59 Å². The number of nitrogens with zero attached hydrogens (tertiary/aromatic N) is 4. The molecule has 0 radical (unpaired) electrons. The molecule has 0 fully saturated rings. The third kappa shape index (κ3) is 7.06. The predicted octanol–water partition coefficient (Wildman–Crippen LogP) is 2.39. The molecule has 30 heavy (non-hydrogen) atoms. The van der Waals surface area contributed by atoms with E-state index in [1.54, 1.807) is 17.5 Å². The van der Waals surface area contributed by atoms with Gasteiger partial charge in [-0.25, -0.2) is 0 Å². The molecule has 158 valence electrons. The maximum atomic E-state index is 12.5. The van der Waals surface area contributed by atoms with Crippen LogP contribution in [0, 0.1) is 11.3 Å². The van der Waals surface area contributed by atoms with Gasteiger partial charge in [-0.2, -0.15) is 5.26 Å². The first-order chi connectivity index (χ1) is 14.4. The third-order valence-electron chi connectivity index (χ3n) is 4.39. The molecule has 0 saturated heterocycles. The first-order valence-electron chi connectivity index (χ1n) is 9.67. The number of nitrogens with one attached hydrogen (secondary N) is 2. The lowest BCUT2D eigenvalue weighted by molar-refractivity contribution is -0.117. The van der Waals surface area contributed by atoms with Crippen molar-refractivity contribution in [3.63, 3.8) is 0 Å². The van der Waals surface area contributed by atoms with Gasteiger partial charge in [-0.15, -0.1) is 5.10 Å². The molecule has 8 nitrogen and oxygen atoms in total. The lowest BCUT2D eigenvalue weighted by Crippen LogP contribution is -2.29. The third-order valence-corrected chi connectivity index (χ3v) is 4.91. The molecular weight excluding hydrogens is 400 g/mol. The summed E-state index contributed by atoms with van der Waals surface area (Å²) in [7, 11) is 3.99. The van der Waals surface area contributed by atoms with Crippen LogP contribution in [0.5, 0.6) is 0 Å². The van der Waals surface area contributed by atoms with Crippen LogP contribution in [0.1, 0.15) is 47.4 Å². The first-order valence-corrected chi connectivity index (χ1v) is 10.5. The molecular formula is C21H26N6O2S. The van der Waals surface area contributed by atoms with Crippen LogP contribution in [0.2, 0.25) is 0 Å². The van der Waals surface area contributed by atoms with Crippen molar-refractivity contribution in [1.29, 1.82) is 5.26 Å². The van der Waals surface area contributed by atoms with Gasteiger partial charge in [0, 0.05) is 17.5 Å². The number of benzene rings is 1. The lowest BCUT2D eigenvalue weighted by Gasteiger charge is -2.17. The monoisotopic (exact) mass is 426 g/mol. The van der Waals surface area contributed by atoms with Gasteiger partial charge in [0.05, 0.1) is 11.7 Å². The van der Waals surface area contributed by atoms with Gasteiger partial charge in [0.15, 0.2) is 0 Å². The second-order valence-electron chi connectivity index (χ2n) is 6.97. The zero-order valence-electron chi connectivity index (χ0n) is 17.4. The molecule has 2 rings (SSSR count). The Labute approximate surface area is 180 Å². The molecule has 0 aliphatic carbocycles. The van der Waals surface area contributed by atoms with E-state index in [-0.39, 0.29) is 17.5 Å². The second kappa shape index (κ2) is 11.8. The van der Waals surface area contributed by atoms with Crippen LogP contribution in [-0.2, 0) is 4.79 Å². The van der Waals surface area contributed by atoms with Crippen LogP contribution < -0.4 is 10.6 Å². The summed E-state index contributed by atoms with van der Waals surface area (Å²) in [6, 6.07) is 8.76. The molecule has 1 heterocycles. The van der Waals surface area contributed by atoms with Crippen molar-refractivity contribution in [3.8, 4) is 6.07 Å². The van der Waals surface area contributed by atoms with E-state index in [1.807, 2.05) is 39.2 Å². The van der Waals surface area contributed by atoms with E-state index in [2.05, 4.69) is 25.1 Å². The van der Waals surface area contributed by atoms with E-state index >= 15 is 0 Å². The molecule has 2 amide bonds. The number of carbonyl (C=O) groups is 2. The predicted molar refractivity (Wildman–Crippen MR) is 117 cm³/mol. The van der Waals surface area contributed by atoms with E-state index in [0.717, 1.165) is 30.1 Å². The Morgan fingerprint density at radius 2 is 2.03 bits per heavy atom. The molecule has 2 N–H and O–H groups in total. The molecule has 0 spiro atoms. The minimum atomic E-state index is -0.472. The van der Waals surface area contributed by atoms with Crippen LogP contribution in [0.4, 0.5) is 0 Å². The van der Waals surface area contributed by atoms with Crippen molar-refractivity contribution in [2.75, 3.05) is 27.2 Å². The van der Waals surface area contributed by atoms with Gasteiger partial charge >= 0.3 is 0 Å². The Balaban J connectivity index is 1.98. The second-order valence-corrected chi connectivity index (χ2v) is 7.58. The fraction of sp³-hybridized carbons (Fsp3) is 0.381. The highest BCUT2D eigenvalue weighted by molar-refractivity contribution is 7.03. The van der Waals surface area contributed by atoms with E-state index in [0.29, 0.717) is 24.2 Å².